The highest BCUT2D eigenvalue weighted by Crippen LogP contribution is 2.16. The number of amides is 1. The minimum absolute atomic E-state index is 0.0923. The quantitative estimate of drug-likeness (QED) is 0.581. The summed E-state index contributed by atoms with van der Waals surface area (Å²) in [5.41, 5.74) is 1.35. The number of anilines is 1. The molecule has 0 aliphatic rings. The number of hydrogen-bond donors (Lipinski definition) is 2. The molecule has 0 saturated heterocycles. The number of nitrogens with zero attached hydrogens (tertiary/aromatic N) is 1. The number of hydrogen-bond acceptors (Lipinski definition) is 5. The van der Waals surface area contributed by atoms with Crippen LogP contribution in [0.15, 0.2) is 66.1 Å². The lowest BCUT2D eigenvalue weighted by atomic mass is 10.2. The molecule has 2 aromatic rings. The topological polar surface area (TPSA) is 113 Å². The van der Waals surface area contributed by atoms with E-state index in [1.807, 2.05) is 0 Å². The highest BCUT2D eigenvalue weighted by atomic mass is 32.2. The number of carbonyl (C=O) groups excluding carboxylic acids is 1. The molecule has 0 atom stereocenters. The van der Waals surface area contributed by atoms with Crippen molar-refractivity contribution in [1.82, 2.24) is 9.03 Å². The van der Waals surface area contributed by atoms with Crippen molar-refractivity contribution in [3.63, 3.8) is 0 Å². The molecule has 0 heterocycles. The van der Waals surface area contributed by atoms with Crippen LogP contribution in [0.5, 0.6) is 0 Å². The van der Waals surface area contributed by atoms with Gasteiger partial charge in [-0.25, -0.2) is 25.9 Å². The fourth-order valence-electron chi connectivity index (χ4n) is 2.33. The van der Waals surface area contributed by atoms with Gasteiger partial charge in [0.15, 0.2) is 0 Å². The second kappa shape index (κ2) is 9.31. The molecule has 0 aliphatic carbocycles. The molecular formula is C19H23N3O5S2. The van der Waals surface area contributed by atoms with Gasteiger partial charge in [-0.15, -0.1) is 6.58 Å². The highest BCUT2D eigenvalue weighted by Gasteiger charge is 2.17. The monoisotopic (exact) mass is 437 g/mol. The number of nitrogens with one attached hydrogen (secondary N) is 2. The Morgan fingerprint density at radius 2 is 1.59 bits per heavy atom. The van der Waals surface area contributed by atoms with Crippen LogP contribution in [0.25, 0.3) is 0 Å². The zero-order valence-corrected chi connectivity index (χ0v) is 17.8. The third kappa shape index (κ3) is 6.23. The molecule has 0 radical (unpaired) electrons. The van der Waals surface area contributed by atoms with Gasteiger partial charge < -0.3 is 5.32 Å². The molecule has 0 aliphatic heterocycles. The van der Waals surface area contributed by atoms with Gasteiger partial charge in [-0.05, 0) is 42.0 Å². The van der Waals surface area contributed by atoms with Crippen molar-refractivity contribution in [3.8, 4) is 0 Å². The van der Waals surface area contributed by atoms with Crippen molar-refractivity contribution in [2.45, 2.75) is 10.6 Å². The summed E-state index contributed by atoms with van der Waals surface area (Å²) in [5.74, 6) is -0.594. The fraction of sp³-hybridized carbons (Fsp3) is 0.211. The van der Waals surface area contributed by atoms with Crippen LogP contribution >= 0.6 is 0 Å². The predicted molar refractivity (Wildman–Crippen MR) is 113 cm³/mol. The first-order valence-electron chi connectivity index (χ1n) is 8.56. The van der Waals surface area contributed by atoms with Gasteiger partial charge in [0.05, 0.1) is 10.6 Å². The van der Waals surface area contributed by atoms with E-state index in [-0.39, 0.29) is 17.2 Å². The standard InChI is InChI=1S/C19H23N3O5S2/c1-4-13-20-28(24,25)14-15-5-9-17(10-6-15)21-19(23)16-7-11-18(12-8-16)29(26,27)22(2)3/h4-12,20H,1,13-14H2,2-3H3,(H,21,23). The molecule has 0 saturated carbocycles. The molecule has 1 amide bonds. The summed E-state index contributed by atoms with van der Waals surface area (Å²) in [6, 6.07) is 12.0. The average molecular weight is 438 g/mol. The lowest BCUT2D eigenvalue weighted by Gasteiger charge is -2.12. The Bertz CT molecular complexity index is 1080. The van der Waals surface area contributed by atoms with E-state index >= 15 is 0 Å². The maximum absolute atomic E-state index is 12.4. The van der Waals surface area contributed by atoms with E-state index in [1.165, 1.54) is 44.4 Å². The van der Waals surface area contributed by atoms with E-state index in [2.05, 4.69) is 16.6 Å². The minimum Gasteiger partial charge on any atom is -0.322 e. The Morgan fingerprint density at radius 3 is 2.10 bits per heavy atom. The lowest BCUT2D eigenvalue weighted by molar-refractivity contribution is 0.102. The van der Waals surface area contributed by atoms with E-state index < -0.39 is 26.0 Å². The first-order chi connectivity index (χ1) is 13.5. The van der Waals surface area contributed by atoms with E-state index in [0.29, 0.717) is 16.8 Å². The molecule has 0 fully saturated rings. The Morgan fingerprint density at radius 1 is 1.00 bits per heavy atom. The van der Waals surface area contributed by atoms with Crippen LogP contribution in [0.4, 0.5) is 5.69 Å². The summed E-state index contributed by atoms with van der Waals surface area (Å²) in [4.78, 5) is 12.4. The SMILES string of the molecule is C=CCNS(=O)(=O)Cc1ccc(NC(=O)c2ccc(S(=O)(=O)N(C)C)cc2)cc1. The van der Waals surface area contributed by atoms with Gasteiger partial charge in [-0.3, -0.25) is 4.79 Å². The molecule has 29 heavy (non-hydrogen) atoms. The van der Waals surface area contributed by atoms with Gasteiger partial charge in [0.25, 0.3) is 5.91 Å². The first-order valence-corrected chi connectivity index (χ1v) is 11.7. The minimum atomic E-state index is -3.56. The Kier molecular flexibility index (Phi) is 7.31. The summed E-state index contributed by atoms with van der Waals surface area (Å²) in [7, 11) is -4.16. The van der Waals surface area contributed by atoms with Crippen molar-refractivity contribution in [2.24, 2.45) is 0 Å². The maximum atomic E-state index is 12.4. The first kappa shape index (κ1) is 22.8. The van der Waals surface area contributed by atoms with E-state index in [1.54, 1.807) is 24.3 Å². The van der Waals surface area contributed by atoms with Crippen LogP contribution in [0.1, 0.15) is 15.9 Å². The summed E-state index contributed by atoms with van der Waals surface area (Å²) in [6.07, 6.45) is 1.46. The van der Waals surface area contributed by atoms with Crippen LogP contribution in [-0.2, 0) is 25.8 Å². The van der Waals surface area contributed by atoms with Crippen LogP contribution in [0, 0.1) is 0 Å². The second-order valence-electron chi connectivity index (χ2n) is 6.36. The predicted octanol–water partition coefficient (Wildman–Crippen LogP) is 1.79. The van der Waals surface area contributed by atoms with Crippen molar-refractivity contribution in [1.29, 1.82) is 0 Å². The molecule has 8 nitrogen and oxygen atoms in total. The van der Waals surface area contributed by atoms with Crippen LogP contribution in [-0.4, -0.2) is 47.7 Å². The van der Waals surface area contributed by atoms with E-state index in [4.69, 9.17) is 0 Å². The second-order valence-corrected chi connectivity index (χ2v) is 10.3. The molecule has 2 aromatic carbocycles. The Labute approximate surface area is 171 Å². The van der Waals surface area contributed by atoms with Crippen molar-refractivity contribution in [2.75, 3.05) is 26.0 Å². The molecule has 2 rings (SSSR count). The largest absolute Gasteiger partial charge is 0.322 e. The summed E-state index contributed by atoms with van der Waals surface area (Å²) >= 11 is 0. The summed E-state index contributed by atoms with van der Waals surface area (Å²) in [6.45, 7) is 3.62. The third-order valence-electron chi connectivity index (χ3n) is 3.91. The maximum Gasteiger partial charge on any atom is 0.255 e. The molecular weight excluding hydrogens is 414 g/mol. The molecule has 0 aromatic heterocycles. The number of rotatable bonds is 9. The Balaban J connectivity index is 2.05. The molecule has 0 spiro atoms. The summed E-state index contributed by atoms with van der Waals surface area (Å²) < 4.78 is 51.4. The average Bonchev–Trinajstić information content (AvgIpc) is 2.67. The Hall–Kier alpha value is -2.53. The number of sulfonamides is 2. The normalized spacial score (nSPS) is 12.0. The van der Waals surface area contributed by atoms with Crippen LogP contribution < -0.4 is 10.0 Å². The zero-order chi connectivity index (χ0) is 21.7. The van der Waals surface area contributed by atoms with Gasteiger partial charge in [-0.1, -0.05) is 18.2 Å². The summed E-state index contributed by atoms with van der Waals surface area (Å²) in [5, 5.41) is 2.69. The van der Waals surface area contributed by atoms with Gasteiger partial charge in [-0.2, -0.15) is 0 Å². The number of benzene rings is 2. The zero-order valence-electron chi connectivity index (χ0n) is 16.1. The fourth-order valence-corrected chi connectivity index (χ4v) is 4.34. The molecule has 0 unspecified atom stereocenters. The van der Waals surface area contributed by atoms with E-state index in [0.717, 1.165) is 4.31 Å². The van der Waals surface area contributed by atoms with Gasteiger partial charge >= 0.3 is 0 Å². The van der Waals surface area contributed by atoms with Gasteiger partial charge in [0, 0.05) is 31.9 Å². The van der Waals surface area contributed by atoms with Gasteiger partial charge in [0.2, 0.25) is 20.0 Å². The smallest absolute Gasteiger partial charge is 0.255 e. The molecule has 2 N–H and O–H groups in total. The number of carbonyl (C=O) groups is 1. The van der Waals surface area contributed by atoms with E-state index in [9.17, 15) is 21.6 Å². The van der Waals surface area contributed by atoms with Crippen molar-refractivity contribution < 1.29 is 21.6 Å². The van der Waals surface area contributed by atoms with Crippen molar-refractivity contribution in [3.05, 3.63) is 72.3 Å². The van der Waals surface area contributed by atoms with Crippen LogP contribution in [0.2, 0.25) is 0 Å². The highest BCUT2D eigenvalue weighted by molar-refractivity contribution is 7.89. The molecule has 0 bridgehead atoms. The van der Waals surface area contributed by atoms with Crippen LogP contribution in [0.3, 0.4) is 0 Å². The van der Waals surface area contributed by atoms with Gasteiger partial charge in [0.1, 0.15) is 0 Å². The molecule has 156 valence electrons. The third-order valence-corrected chi connectivity index (χ3v) is 7.06. The lowest BCUT2D eigenvalue weighted by Crippen LogP contribution is -2.25. The van der Waals surface area contributed by atoms with Crippen molar-refractivity contribution >= 4 is 31.6 Å². The molecule has 10 heteroatoms.